The number of hydrogen-bond donors (Lipinski definition) is 3. The molecule has 0 aliphatic carbocycles. The number of nitrogen functional groups attached to an aromatic ring is 1. The van der Waals surface area contributed by atoms with Crippen molar-refractivity contribution in [1.29, 1.82) is 0 Å². The molecule has 20 heavy (non-hydrogen) atoms. The van der Waals surface area contributed by atoms with Gasteiger partial charge in [0.25, 0.3) is 5.91 Å². The van der Waals surface area contributed by atoms with Gasteiger partial charge in [0.15, 0.2) is 5.13 Å². The number of hydrogen-bond acceptors (Lipinski definition) is 7. The Morgan fingerprint density at radius 3 is 2.00 bits per heavy atom. The largest absolute Gasteiger partial charge is 0.382 e. The zero-order valence-electron chi connectivity index (χ0n) is 11.1. The number of amides is 3. The van der Waals surface area contributed by atoms with Crippen molar-refractivity contribution in [2.75, 3.05) is 37.8 Å². The number of nitrogens with two attached hydrogens (primary N) is 3. The molecule has 110 valence electrons. The van der Waals surface area contributed by atoms with Gasteiger partial charge >= 0.3 is 0 Å². The van der Waals surface area contributed by atoms with E-state index in [9.17, 15) is 14.4 Å². The summed E-state index contributed by atoms with van der Waals surface area (Å²) in [6.07, 6.45) is 0. The van der Waals surface area contributed by atoms with Crippen molar-refractivity contribution in [2.45, 2.75) is 0 Å². The lowest BCUT2D eigenvalue weighted by Gasteiger charge is -2.18. The predicted octanol–water partition coefficient (Wildman–Crippen LogP) is -1.80. The molecular weight excluding hydrogens is 284 g/mol. The van der Waals surface area contributed by atoms with Crippen LogP contribution in [0.1, 0.15) is 9.67 Å². The lowest BCUT2D eigenvalue weighted by atomic mass is 10.3. The zero-order chi connectivity index (χ0) is 15.4. The van der Waals surface area contributed by atoms with E-state index in [4.69, 9.17) is 17.2 Å². The fourth-order valence-corrected chi connectivity index (χ4v) is 2.26. The van der Waals surface area contributed by atoms with Crippen LogP contribution in [0.5, 0.6) is 0 Å². The molecule has 1 aromatic rings. The number of thiazole rings is 1. The van der Waals surface area contributed by atoms with Crippen LogP contribution in [0.25, 0.3) is 0 Å². The highest BCUT2D eigenvalue weighted by molar-refractivity contribution is 7.18. The maximum atomic E-state index is 12.3. The Morgan fingerprint density at radius 1 is 1.15 bits per heavy atom. The van der Waals surface area contributed by atoms with Crippen LogP contribution in [0, 0.1) is 0 Å². The summed E-state index contributed by atoms with van der Waals surface area (Å²) in [6, 6.07) is 0. The second-order valence-corrected chi connectivity index (χ2v) is 5.18. The molecule has 0 saturated heterocycles. The highest BCUT2D eigenvalue weighted by Gasteiger charge is 2.25. The van der Waals surface area contributed by atoms with Gasteiger partial charge in [-0.3, -0.25) is 14.4 Å². The first-order chi connectivity index (χ1) is 9.22. The Balaban J connectivity index is 3.04. The molecule has 1 heterocycles. The van der Waals surface area contributed by atoms with Crippen molar-refractivity contribution >= 4 is 40.0 Å². The van der Waals surface area contributed by atoms with Crippen LogP contribution in [0.4, 0.5) is 10.9 Å². The van der Waals surface area contributed by atoms with Crippen LogP contribution >= 0.6 is 11.3 Å². The fraction of sp³-hybridized carbons (Fsp3) is 0.400. The smallest absolute Gasteiger partial charge is 0.268 e. The molecule has 0 radical (unpaired) electrons. The van der Waals surface area contributed by atoms with Crippen LogP contribution in [0.3, 0.4) is 0 Å². The molecule has 0 spiro atoms. The first-order valence-electron chi connectivity index (χ1n) is 5.52. The minimum atomic E-state index is -0.754. The van der Waals surface area contributed by atoms with Gasteiger partial charge in [-0.2, -0.15) is 0 Å². The lowest BCUT2D eigenvalue weighted by Crippen LogP contribution is -2.43. The maximum Gasteiger partial charge on any atom is 0.268 e. The second kappa shape index (κ2) is 6.19. The van der Waals surface area contributed by atoms with E-state index in [1.165, 1.54) is 0 Å². The molecule has 0 fully saturated rings. The number of carbonyl (C=O) groups is 3. The summed E-state index contributed by atoms with van der Waals surface area (Å²) in [5, 5.41) is 0.531. The summed E-state index contributed by atoms with van der Waals surface area (Å²) in [7, 11) is 3.49. The van der Waals surface area contributed by atoms with Gasteiger partial charge in [-0.15, -0.1) is 0 Å². The second-order valence-electron chi connectivity index (χ2n) is 4.20. The van der Waals surface area contributed by atoms with E-state index in [2.05, 4.69) is 4.98 Å². The van der Waals surface area contributed by atoms with Crippen molar-refractivity contribution in [1.82, 2.24) is 9.88 Å². The molecule has 0 aliphatic heterocycles. The number of aromatic nitrogens is 1. The molecule has 0 bridgehead atoms. The number of anilines is 2. The van der Waals surface area contributed by atoms with Gasteiger partial charge in [0, 0.05) is 14.1 Å². The van der Waals surface area contributed by atoms with E-state index < -0.39 is 30.8 Å². The minimum Gasteiger partial charge on any atom is -0.382 e. The average molecular weight is 300 g/mol. The van der Waals surface area contributed by atoms with Gasteiger partial charge < -0.3 is 27.0 Å². The Labute approximate surface area is 119 Å². The van der Waals surface area contributed by atoms with Gasteiger partial charge in [-0.25, -0.2) is 4.98 Å². The lowest BCUT2D eigenvalue weighted by molar-refractivity contribution is -0.121. The van der Waals surface area contributed by atoms with Crippen LogP contribution in [-0.4, -0.2) is 54.8 Å². The maximum absolute atomic E-state index is 12.3. The summed E-state index contributed by atoms with van der Waals surface area (Å²) in [4.78, 5) is 40.9. The Kier molecular flexibility index (Phi) is 4.86. The summed E-state index contributed by atoms with van der Waals surface area (Å²) in [6.45, 7) is -0.840. The SMILES string of the molecule is CN(C)c1nc(N)c(C(=O)N(CC(N)=O)CC(N)=O)s1. The standard InChI is InChI=1S/C10H16N6O3S/c1-15(2)10-14-8(13)7(20-10)9(19)16(3-5(11)17)4-6(12)18/h3-4,13H2,1-2H3,(H2,11,17)(H2,12,18). The molecule has 9 nitrogen and oxygen atoms in total. The van der Waals surface area contributed by atoms with Gasteiger partial charge in [0.1, 0.15) is 23.8 Å². The van der Waals surface area contributed by atoms with Crippen LogP contribution < -0.4 is 22.1 Å². The van der Waals surface area contributed by atoms with Gasteiger partial charge in [0.2, 0.25) is 11.8 Å². The summed E-state index contributed by atoms with van der Waals surface area (Å²) < 4.78 is 0. The predicted molar refractivity (Wildman–Crippen MR) is 75.1 cm³/mol. The van der Waals surface area contributed by atoms with Gasteiger partial charge in [-0.1, -0.05) is 11.3 Å². The molecule has 1 rings (SSSR count). The van der Waals surface area contributed by atoms with Crippen molar-refractivity contribution in [3.8, 4) is 0 Å². The van der Waals surface area contributed by atoms with Crippen LogP contribution in [0.2, 0.25) is 0 Å². The highest BCUT2D eigenvalue weighted by atomic mass is 32.1. The van der Waals surface area contributed by atoms with E-state index in [1.54, 1.807) is 19.0 Å². The molecule has 0 aliphatic rings. The van der Waals surface area contributed by atoms with Crippen molar-refractivity contribution in [3.05, 3.63) is 4.88 Å². The molecule has 3 amide bonds. The van der Waals surface area contributed by atoms with Crippen LogP contribution in [-0.2, 0) is 9.59 Å². The molecular formula is C10H16N6O3S. The van der Waals surface area contributed by atoms with Gasteiger partial charge in [-0.05, 0) is 0 Å². The van der Waals surface area contributed by atoms with E-state index in [0.717, 1.165) is 16.2 Å². The first kappa shape index (κ1) is 15.7. The molecule has 0 saturated carbocycles. The highest BCUT2D eigenvalue weighted by Crippen LogP contribution is 2.27. The first-order valence-corrected chi connectivity index (χ1v) is 6.33. The topological polar surface area (TPSA) is 149 Å². The fourth-order valence-electron chi connectivity index (χ4n) is 1.38. The number of nitrogens with zero attached hydrogens (tertiary/aromatic N) is 3. The van der Waals surface area contributed by atoms with E-state index in [0.29, 0.717) is 5.13 Å². The molecule has 6 N–H and O–H groups in total. The van der Waals surface area contributed by atoms with E-state index >= 15 is 0 Å². The third-order valence-electron chi connectivity index (χ3n) is 2.20. The molecule has 0 aromatic carbocycles. The molecule has 1 aromatic heterocycles. The normalized spacial score (nSPS) is 10.1. The third-order valence-corrected chi connectivity index (χ3v) is 3.43. The third kappa shape index (κ3) is 3.82. The Morgan fingerprint density at radius 2 is 1.65 bits per heavy atom. The molecule has 10 heteroatoms. The minimum absolute atomic E-state index is 0.0302. The van der Waals surface area contributed by atoms with E-state index in [-0.39, 0.29) is 10.7 Å². The summed E-state index contributed by atoms with van der Waals surface area (Å²) in [5.41, 5.74) is 15.8. The van der Waals surface area contributed by atoms with Crippen molar-refractivity contribution in [2.24, 2.45) is 11.5 Å². The van der Waals surface area contributed by atoms with E-state index in [1.807, 2.05) is 0 Å². The van der Waals surface area contributed by atoms with Crippen molar-refractivity contribution in [3.63, 3.8) is 0 Å². The van der Waals surface area contributed by atoms with Crippen molar-refractivity contribution < 1.29 is 14.4 Å². The summed E-state index contributed by atoms with van der Waals surface area (Å²) >= 11 is 1.05. The quantitative estimate of drug-likeness (QED) is 0.564. The average Bonchev–Trinajstić information content (AvgIpc) is 2.68. The van der Waals surface area contributed by atoms with Crippen LogP contribution in [0.15, 0.2) is 0 Å². The summed E-state index contributed by atoms with van der Waals surface area (Å²) in [5.74, 6) is -2.08. The molecule has 0 atom stereocenters. The Hall–Kier alpha value is -2.36. The number of rotatable bonds is 6. The molecule has 0 unspecified atom stereocenters. The Bertz CT molecular complexity index is 525. The number of primary amides is 2. The monoisotopic (exact) mass is 300 g/mol. The number of carbonyl (C=O) groups excluding carboxylic acids is 3. The van der Waals surface area contributed by atoms with Gasteiger partial charge in [0.05, 0.1) is 0 Å². The zero-order valence-corrected chi connectivity index (χ0v) is 11.9.